The summed E-state index contributed by atoms with van der Waals surface area (Å²) in [5, 5.41) is 0.0504. The number of amides is 1. The summed E-state index contributed by atoms with van der Waals surface area (Å²) in [5.74, 6) is -0.594. The van der Waals surface area contributed by atoms with Crippen LogP contribution in [-0.4, -0.2) is 24.9 Å². The van der Waals surface area contributed by atoms with Gasteiger partial charge in [0.15, 0.2) is 0 Å². The van der Waals surface area contributed by atoms with Gasteiger partial charge in [0, 0.05) is 20.2 Å². The lowest BCUT2D eigenvalue weighted by Crippen LogP contribution is -2.18. The molecule has 0 aliphatic heterocycles. The molecule has 0 aliphatic rings. The van der Waals surface area contributed by atoms with E-state index in [2.05, 4.69) is 0 Å². The van der Waals surface area contributed by atoms with Crippen molar-refractivity contribution < 1.29 is 9.18 Å². The highest BCUT2D eigenvalue weighted by atomic mass is 35.5. The minimum absolute atomic E-state index is 0.0504. The Hall–Kier alpha value is -1.35. The summed E-state index contributed by atoms with van der Waals surface area (Å²) in [7, 11) is 3.31. The van der Waals surface area contributed by atoms with E-state index in [9.17, 15) is 9.18 Å². The molecule has 80 valence electrons. The molecule has 1 aromatic carbocycles. The topological polar surface area (TPSA) is 20.3 Å². The Morgan fingerprint density at radius 2 is 2.13 bits per heavy atom. The molecule has 0 fully saturated rings. The molecule has 4 heteroatoms. The first-order valence-electron chi connectivity index (χ1n) is 4.35. The first kappa shape index (κ1) is 11.7. The number of likely N-dealkylation sites (N-methyl/N-ethyl adjacent to an activating group) is 1. The van der Waals surface area contributed by atoms with Crippen LogP contribution in [0.4, 0.5) is 4.39 Å². The summed E-state index contributed by atoms with van der Waals surface area (Å²) >= 11 is 5.59. The highest BCUT2D eigenvalue weighted by Gasteiger charge is 2.00. The molecule has 15 heavy (non-hydrogen) atoms. The van der Waals surface area contributed by atoms with E-state index >= 15 is 0 Å². The average molecular weight is 228 g/mol. The first-order chi connectivity index (χ1) is 7.00. The number of hydrogen-bond donors (Lipinski definition) is 0. The maximum Gasteiger partial charge on any atom is 0.246 e. The summed E-state index contributed by atoms with van der Waals surface area (Å²) in [4.78, 5) is 12.6. The lowest BCUT2D eigenvalue weighted by atomic mass is 10.2. The standard InChI is InChI=1S/C11H11ClFNO/c1-14(2)11(15)6-4-8-3-5-10(13)9(12)7-8/h3-7H,1-2H3/b6-4+. The number of benzene rings is 1. The van der Waals surface area contributed by atoms with Crippen molar-refractivity contribution in [2.75, 3.05) is 14.1 Å². The van der Waals surface area contributed by atoms with Crippen molar-refractivity contribution in [3.8, 4) is 0 Å². The Bertz CT molecular complexity index is 402. The minimum atomic E-state index is -0.465. The van der Waals surface area contributed by atoms with Crippen LogP contribution >= 0.6 is 11.6 Å². The van der Waals surface area contributed by atoms with Gasteiger partial charge in [0.25, 0.3) is 0 Å². The number of rotatable bonds is 2. The first-order valence-corrected chi connectivity index (χ1v) is 4.73. The molecular weight excluding hydrogens is 217 g/mol. The van der Waals surface area contributed by atoms with E-state index in [-0.39, 0.29) is 10.9 Å². The molecule has 0 unspecified atom stereocenters. The van der Waals surface area contributed by atoms with Crippen LogP contribution in [0.25, 0.3) is 6.08 Å². The molecular formula is C11H11ClFNO. The van der Waals surface area contributed by atoms with Crippen molar-refractivity contribution in [3.63, 3.8) is 0 Å². The summed E-state index contributed by atoms with van der Waals surface area (Å²) in [5.41, 5.74) is 0.691. The zero-order valence-electron chi connectivity index (χ0n) is 8.50. The average Bonchev–Trinajstić information content (AvgIpc) is 2.19. The summed E-state index contributed by atoms with van der Waals surface area (Å²) < 4.78 is 12.8. The van der Waals surface area contributed by atoms with Gasteiger partial charge in [-0.25, -0.2) is 4.39 Å². The van der Waals surface area contributed by atoms with Crippen LogP contribution in [0, 0.1) is 5.82 Å². The van der Waals surface area contributed by atoms with Gasteiger partial charge in [-0.3, -0.25) is 4.79 Å². The molecule has 2 nitrogen and oxygen atoms in total. The van der Waals surface area contributed by atoms with E-state index in [0.717, 1.165) is 0 Å². The molecule has 0 saturated heterocycles. The number of carbonyl (C=O) groups is 1. The molecule has 1 aromatic rings. The molecule has 0 radical (unpaired) electrons. The molecule has 0 N–H and O–H groups in total. The third kappa shape index (κ3) is 3.36. The summed E-state index contributed by atoms with van der Waals surface area (Å²) in [6.07, 6.45) is 3.00. The van der Waals surface area contributed by atoms with Gasteiger partial charge in [-0.2, -0.15) is 0 Å². The third-order valence-corrected chi connectivity index (χ3v) is 2.09. The van der Waals surface area contributed by atoms with Gasteiger partial charge in [0.2, 0.25) is 5.91 Å². The minimum Gasteiger partial charge on any atom is -0.345 e. The Morgan fingerprint density at radius 3 is 2.67 bits per heavy atom. The van der Waals surface area contributed by atoms with Crippen molar-refractivity contribution in [2.45, 2.75) is 0 Å². The van der Waals surface area contributed by atoms with Crippen molar-refractivity contribution in [1.82, 2.24) is 4.90 Å². The Balaban J connectivity index is 2.81. The Morgan fingerprint density at radius 1 is 1.47 bits per heavy atom. The fourth-order valence-corrected chi connectivity index (χ4v) is 1.12. The molecule has 0 aromatic heterocycles. The second kappa shape index (κ2) is 4.94. The van der Waals surface area contributed by atoms with E-state index < -0.39 is 5.82 Å². The maximum absolute atomic E-state index is 12.8. The molecule has 1 rings (SSSR count). The lowest BCUT2D eigenvalue weighted by Gasteiger charge is -2.05. The third-order valence-electron chi connectivity index (χ3n) is 1.80. The van der Waals surface area contributed by atoms with E-state index in [1.165, 1.54) is 23.1 Å². The second-order valence-corrected chi connectivity index (χ2v) is 3.65. The van der Waals surface area contributed by atoms with Gasteiger partial charge >= 0.3 is 0 Å². The molecule has 0 atom stereocenters. The van der Waals surface area contributed by atoms with E-state index in [1.807, 2.05) is 0 Å². The van der Waals surface area contributed by atoms with Crippen LogP contribution < -0.4 is 0 Å². The van der Waals surface area contributed by atoms with Gasteiger partial charge in [0.05, 0.1) is 5.02 Å². The van der Waals surface area contributed by atoms with Crippen molar-refractivity contribution in [3.05, 3.63) is 40.7 Å². The van der Waals surface area contributed by atoms with Gasteiger partial charge in [-0.15, -0.1) is 0 Å². The monoisotopic (exact) mass is 227 g/mol. The van der Waals surface area contributed by atoms with Crippen LogP contribution in [0.5, 0.6) is 0 Å². The highest BCUT2D eigenvalue weighted by Crippen LogP contribution is 2.16. The van der Waals surface area contributed by atoms with E-state index in [4.69, 9.17) is 11.6 Å². The molecule has 0 spiro atoms. The molecule has 0 aliphatic carbocycles. The van der Waals surface area contributed by atoms with Gasteiger partial charge in [-0.1, -0.05) is 17.7 Å². The van der Waals surface area contributed by atoms with Crippen LogP contribution in [0.15, 0.2) is 24.3 Å². The van der Waals surface area contributed by atoms with Crippen molar-refractivity contribution in [1.29, 1.82) is 0 Å². The normalized spacial score (nSPS) is 10.7. The van der Waals surface area contributed by atoms with Crippen LogP contribution in [0.3, 0.4) is 0 Å². The Labute approximate surface area is 93.0 Å². The largest absolute Gasteiger partial charge is 0.345 e. The predicted octanol–water partition coefficient (Wildman–Crippen LogP) is 2.58. The molecule has 1 amide bonds. The van der Waals surface area contributed by atoms with Crippen LogP contribution in [-0.2, 0) is 4.79 Å². The fourth-order valence-electron chi connectivity index (χ4n) is 0.933. The molecule has 0 bridgehead atoms. The van der Waals surface area contributed by atoms with Gasteiger partial charge in [-0.05, 0) is 23.8 Å². The smallest absolute Gasteiger partial charge is 0.246 e. The number of hydrogen-bond acceptors (Lipinski definition) is 1. The second-order valence-electron chi connectivity index (χ2n) is 3.24. The maximum atomic E-state index is 12.8. The summed E-state index contributed by atoms with van der Waals surface area (Å²) in [6.45, 7) is 0. The fraction of sp³-hybridized carbons (Fsp3) is 0.182. The van der Waals surface area contributed by atoms with Crippen LogP contribution in [0.1, 0.15) is 5.56 Å². The number of carbonyl (C=O) groups excluding carboxylic acids is 1. The SMILES string of the molecule is CN(C)C(=O)/C=C/c1ccc(F)c(Cl)c1. The zero-order chi connectivity index (χ0) is 11.4. The van der Waals surface area contributed by atoms with Crippen molar-refractivity contribution >= 4 is 23.6 Å². The number of nitrogens with zero attached hydrogens (tertiary/aromatic N) is 1. The predicted molar refractivity (Wildman–Crippen MR) is 59.1 cm³/mol. The van der Waals surface area contributed by atoms with Gasteiger partial charge in [0.1, 0.15) is 5.82 Å². The van der Waals surface area contributed by atoms with E-state index in [0.29, 0.717) is 5.56 Å². The highest BCUT2D eigenvalue weighted by molar-refractivity contribution is 6.30. The zero-order valence-corrected chi connectivity index (χ0v) is 9.25. The van der Waals surface area contributed by atoms with Crippen LogP contribution in [0.2, 0.25) is 5.02 Å². The Kier molecular flexibility index (Phi) is 3.86. The summed E-state index contributed by atoms with van der Waals surface area (Å²) in [6, 6.07) is 4.29. The molecule has 0 heterocycles. The van der Waals surface area contributed by atoms with Crippen molar-refractivity contribution in [2.24, 2.45) is 0 Å². The van der Waals surface area contributed by atoms with Gasteiger partial charge < -0.3 is 4.90 Å². The molecule has 0 saturated carbocycles. The lowest BCUT2D eigenvalue weighted by molar-refractivity contribution is -0.123. The quantitative estimate of drug-likeness (QED) is 0.712. The van der Waals surface area contributed by atoms with E-state index in [1.54, 1.807) is 26.2 Å². The number of halogens is 2.